The molecule has 2 aromatic carbocycles. The van der Waals surface area contributed by atoms with Crippen LogP contribution in [0.2, 0.25) is 0 Å². The number of allylic oxidation sites excluding steroid dienone is 1. The van der Waals surface area contributed by atoms with Crippen molar-refractivity contribution in [3.63, 3.8) is 0 Å². The number of benzene rings is 2. The van der Waals surface area contributed by atoms with Crippen molar-refractivity contribution in [1.29, 1.82) is 0 Å². The summed E-state index contributed by atoms with van der Waals surface area (Å²) in [6, 6.07) is 11.4. The van der Waals surface area contributed by atoms with Gasteiger partial charge >= 0.3 is 0 Å². The van der Waals surface area contributed by atoms with E-state index in [2.05, 4.69) is 15.9 Å². The third kappa shape index (κ3) is 3.05. The van der Waals surface area contributed by atoms with Crippen LogP contribution in [0.5, 0.6) is 11.5 Å². The van der Waals surface area contributed by atoms with Gasteiger partial charge in [-0.2, -0.15) is 0 Å². The molecular formula is C17H13BrO3S. The second-order valence-electron chi connectivity index (χ2n) is 4.63. The molecule has 0 aromatic heterocycles. The number of halogens is 1. The van der Waals surface area contributed by atoms with Gasteiger partial charge < -0.3 is 9.47 Å². The topological polar surface area (TPSA) is 35.5 Å². The molecule has 1 aliphatic rings. The van der Waals surface area contributed by atoms with Gasteiger partial charge in [0.05, 0.1) is 17.6 Å². The minimum absolute atomic E-state index is 0.0883. The van der Waals surface area contributed by atoms with Gasteiger partial charge in [-0.3, -0.25) is 4.79 Å². The highest BCUT2D eigenvalue weighted by Gasteiger charge is 2.24. The monoisotopic (exact) mass is 376 g/mol. The highest BCUT2D eigenvalue weighted by molar-refractivity contribution is 9.10. The lowest BCUT2D eigenvalue weighted by atomic mass is 10.1. The number of hydrogen-bond acceptors (Lipinski definition) is 4. The zero-order valence-electron chi connectivity index (χ0n) is 11.8. The highest BCUT2D eigenvalue weighted by Crippen LogP contribution is 2.43. The summed E-state index contributed by atoms with van der Waals surface area (Å²) in [5.74, 6) is 1.75. The number of rotatable bonds is 4. The molecule has 1 aliphatic heterocycles. The summed E-state index contributed by atoms with van der Waals surface area (Å²) >= 11 is 4.90. The fourth-order valence-corrected chi connectivity index (χ4v) is 3.37. The zero-order valence-corrected chi connectivity index (χ0v) is 14.2. The predicted octanol–water partition coefficient (Wildman–Crippen LogP) is 4.80. The number of ether oxygens (including phenoxy) is 2. The zero-order chi connectivity index (χ0) is 15.5. The third-order valence-electron chi connectivity index (χ3n) is 3.26. The molecule has 0 saturated carbocycles. The summed E-state index contributed by atoms with van der Waals surface area (Å²) in [6.45, 7) is 0. The highest BCUT2D eigenvalue weighted by atomic mass is 79.9. The fraction of sp³-hybridized carbons (Fsp3) is 0.118. The van der Waals surface area contributed by atoms with E-state index in [1.54, 1.807) is 25.3 Å². The largest absolute Gasteiger partial charge is 0.496 e. The number of carbonyl (C=O) groups excluding carboxylic acids is 1. The van der Waals surface area contributed by atoms with Gasteiger partial charge in [0.25, 0.3) is 0 Å². The minimum Gasteiger partial charge on any atom is -0.496 e. The lowest BCUT2D eigenvalue weighted by molar-refractivity contribution is 0.104. The molecule has 0 N–H and O–H groups in total. The van der Waals surface area contributed by atoms with Gasteiger partial charge in [-0.05, 0) is 35.9 Å². The Kier molecular flexibility index (Phi) is 4.55. The molecule has 22 heavy (non-hydrogen) atoms. The molecule has 0 bridgehead atoms. The molecule has 0 fully saturated rings. The van der Waals surface area contributed by atoms with Crippen molar-refractivity contribution < 1.29 is 14.3 Å². The van der Waals surface area contributed by atoms with Crippen LogP contribution in [-0.2, 0) is 0 Å². The van der Waals surface area contributed by atoms with Gasteiger partial charge in [-0.25, -0.2) is 0 Å². The predicted molar refractivity (Wildman–Crippen MR) is 91.9 cm³/mol. The summed E-state index contributed by atoms with van der Waals surface area (Å²) in [4.78, 5) is 13.4. The van der Waals surface area contributed by atoms with Crippen LogP contribution in [0.25, 0.3) is 6.08 Å². The fourth-order valence-electron chi connectivity index (χ4n) is 2.19. The Balaban J connectivity index is 1.92. The van der Waals surface area contributed by atoms with Crippen molar-refractivity contribution in [1.82, 2.24) is 0 Å². The molecule has 5 heteroatoms. The molecule has 1 heterocycles. The SMILES string of the molecule is COc1ccc2c(c1C(=O)/C=C/c1ccc(Br)cc1)SCO2. The van der Waals surface area contributed by atoms with E-state index in [0.717, 1.165) is 20.7 Å². The van der Waals surface area contributed by atoms with Crippen LogP contribution in [0, 0.1) is 0 Å². The van der Waals surface area contributed by atoms with E-state index in [0.29, 0.717) is 17.3 Å². The lowest BCUT2D eigenvalue weighted by Crippen LogP contribution is -2.01. The Hall–Kier alpha value is -1.72. The molecule has 0 unspecified atom stereocenters. The van der Waals surface area contributed by atoms with Crippen LogP contribution >= 0.6 is 27.7 Å². The smallest absolute Gasteiger partial charge is 0.190 e. The molecule has 0 spiro atoms. The van der Waals surface area contributed by atoms with Crippen molar-refractivity contribution in [2.75, 3.05) is 13.0 Å². The number of thioether (sulfide) groups is 1. The Morgan fingerprint density at radius 2 is 2.05 bits per heavy atom. The average Bonchev–Trinajstić information content (AvgIpc) is 3.01. The van der Waals surface area contributed by atoms with Crippen molar-refractivity contribution >= 4 is 39.6 Å². The van der Waals surface area contributed by atoms with Crippen molar-refractivity contribution in [3.05, 3.63) is 58.1 Å². The van der Waals surface area contributed by atoms with E-state index in [9.17, 15) is 4.79 Å². The van der Waals surface area contributed by atoms with Gasteiger partial charge in [-0.15, -0.1) is 0 Å². The lowest BCUT2D eigenvalue weighted by Gasteiger charge is -2.09. The second-order valence-corrected chi connectivity index (χ2v) is 6.47. The standard InChI is InChI=1S/C17H13BrO3S/c1-20-14-8-9-15-17(22-10-21-15)16(14)13(19)7-4-11-2-5-12(18)6-3-11/h2-9H,10H2,1H3/b7-4+. The summed E-state index contributed by atoms with van der Waals surface area (Å²) in [5, 5.41) is 0. The molecule has 112 valence electrons. The Morgan fingerprint density at radius 1 is 1.27 bits per heavy atom. The maximum Gasteiger partial charge on any atom is 0.190 e. The van der Waals surface area contributed by atoms with Gasteiger partial charge in [0.15, 0.2) is 5.78 Å². The van der Waals surface area contributed by atoms with E-state index < -0.39 is 0 Å². The maximum absolute atomic E-state index is 12.6. The van der Waals surface area contributed by atoms with Gasteiger partial charge in [0, 0.05) is 4.47 Å². The molecule has 0 saturated heterocycles. The van der Waals surface area contributed by atoms with E-state index in [4.69, 9.17) is 9.47 Å². The normalized spacial score (nSPS) is 13.0. The summed E-state index contributed by atoms with van der Waals surface area (Å²) in [5.41, 5.74) is 1.53. The van der Waals surface area contributed by atoms with Crippen LogP contribution in [0.1, 0.15) is 15.9 Å². The minimum atomic E-state index is -0.0883. The second kappa shape index (κ2) is 6.58. The average molecular weight is 377 g/mol. The number of hydrogen-bond donors (Lipinski definition) is 0. The molecule has 2 aromatic rings. The van der Waals surface area contributed by atoms with Crippen molar-refractivity contribution in [3.8, 4) is 11.5 Å². The number of ketones is 1. The van der Waals surface area contributed by atoms with Crippen molar-refractivity contribution in [2.24, 2.45) is 0 Å². The number of carbonyl (C=O) groups is 1. The first-order valence-corrected chi connectivity index (χ1v) is 8.41. The van der Waals surface area contributed by atoms with E-state index in [1.165, 1.54) is 11.8 Å². The molecule has 0 aliphatic carbocycles. The van der Waals surface area contributed by atoms with E-state index in [-0.39, 0.29) is 5.78 Å². The van der Waals surface area contributed by atoms with Crippen LogP contribution < -0.4 is 9.47 Å². The van der Waals surface area contributed by atoms with Crippen LogP contribution in [0.15, 0.2) is 51.8 Å². The molecule has 0 radical (unpaired) electrons. The first-order valence-electron chi connectivity index (χ1n) is 6.63. The Morgan fingerprint density at radius 3 is 2.77 bits per heavy atom. The molecule has 0 amide bonds. The van der Waals surface area contributed by atoms with Crippen LogP contribution in [0.4, 0.5) is 0 Å². The van der Waals surface area contributed by atoms with Crippen LogP contribution in [0.3, 0.4) is 0 Å². The molecule has 3 nitrogen and oxygen atoms in total. The first-order chi connectivity index (χ1) is 10.7. The first kappa shape index (κ1) is 15.2. The molecule has 0 atom stereocenters. The van der Waals surface area contributed by atoms with Gasteiger partial charge in [-0.1, -0.05) is 45.9 Å². The van der Waals surface area contributed by atoms with E-state index in [1.807, 2.05) is 30.3 Å². The van der Waals surface area contributed by atoms with Gasteiger partial charge in [0.2, 0.25) is 0 Å². The quantitative estimate of drug-likeness (QED) is 0.567. The molecular weight excluding hydrogens is 364 g/mol. The van der Waals surface area contributed by atoms with E-state index >= 15 is 0 Å². The number of fused-ring (bicyclic) bond motifs is 1. The van der Waals surface area contributed by atoms with Crippen molar-refractivity contribution in [2.45, 2.75) is 4.90 Å². The molecule has 3 rings (SSSR count). The van der Waals surface area contributed by atoms with Crippen LogP contribution in [-0.4, -0.2) is 18.8 Å². The summed E-state index contributed by atoms with van der Waals surface area (Å²) in [6.07, 6.45) is 3.37. The van der Waals surface area contributed by atoms with Gasteiger partial charge in [0.1, 0.15) is 17.4 Å². The Labute approximate surface area is 141 Å². The summed E-state index contributed by atoms with van der Waals surface area (Å²) < 4.78 is 11.8. The Bertz CT molecular complexity index is 738. The maximum atomic E-state index is 12.6. The third-order valence-corrected chi connectivity index (χ3v) is 4.72. The number of methoxy groups -OCH3 is 1. The summed E-state index contributed by atoms with van der Waals surface area (Å²) in [7, 11) is 1.57.